The highest BCUT2D eigenvalue weighted by atomic mass is 35.5. The molecule has 0 atom stereocenters. The summed E-state index contributed by atoms with van der Waals surface area (Å²) in [4.78, 5) is 9.45. The molecule has 0 aliphatic carbocycles. The average molecular weight is 464 g/mol. The van der Waals surface area contributed by atoms with Crippen LogP contribution in [0.15, 0.2) is 79.1 Å². The summed E-state index contributed by atoms with van der Waals surface area (Å²) in [6.45, 7) is 6.81. The summed E-state index contributed by atoms with van der Waals surface area (Å²) in [5.74, 6) is -0.231. The zero-order chi connectivity index (χ0) is 21.9. The van der Waals surface area contributed by atoms with Crippen LogP contribution in [0.25, 0.3) is 16.9 Å². The molecule has 0 bridgehead atoms. The van der Waals surface area contributed by atoms with Gasteiger partial charge in [-0.2, -0.15) is 5.10 Å². The summed E-state index contributed by atoms with van der Waals surface area (Å²) >= 11 is 0. The first-order valence-corrected chi connectivity index (χ1v) is 11.0. The molecule has 7 heteroatoms. The fourth-order valence-corrected chi connectivity index (χ4v) is 4.30. The molecule has 0 spiro atoms. The highest BCUT2D eigenvalue weighted by Crippen LogP contribution is 2.29. The molecular weight excluding hydrogens is 437 g/mol. The first kappa shape index (κ1) is 23.0. The van der Waals surface area contributed by atoms with Gasteiger partial charge in [0.1, 0.15) is 5.82 Å². The van der Waals surface area contributed by atoms with E-state index in [0.717, 1.165) is 55.4 Å². The summed E-state index contributed by atoms with van der Waals surface area (Å²) in [7, 11) is 0. The number of nitrogens with zero attached hydrogens (tertiary/aromatic N) is 5. The SMILES string of the molecule is Cc1c(CN2CCN(c3cccnc3-c3ccc(F)cc3)CC2)cnn1-c1ccccc1.Cl. The van der Waals surface area contributed by atoms with E-state index in [4.69, 9.17) is 0 Å². The van der Waals surface area contributed by atoms with Crippen LogP contribution in [-0.4, -0.2) is 45.8 Å². The predicted molar refractivity (Wildman–Crippen MR) is 133 cm³/mol. The molecule has 0 saturated carbocycles. The van der Waals surface area contributed by atoms with Crippen molar-refractivity contribution >= 4 is 18.1 Å². The second-order valence-corrected chi connectivity index (χ2v) is 8.14. The van der Waals surface area contributed by atoms with E-state index in [-0.39, 0.29) is 18.2 Å². The minimum absolute atomic E-state index is 0. The van der Waals surface area contributed by atoms with E-state index in [9.17, 15) is 4.39 Å². The molecular formula is C26H27ClFN5. The van der Waals surface area contributed by atoms with E-state index in [1.807, 2.05) is 35.1 Å². The van der Waals surface area contributed by atoms with Crippen LogP contribution in [0.3, 0.4) is 0 Å². The molecule has 4 aromatic rings. The van der Waals surface area contributed by atoms with E-state index in [0.29, 0.717) is 0 Å². The number of anilines is 1. The lowest BCUT2D eigenvalue weighted by atomic mass is 10.1. The number of aromatic nitrogens is 3. The quantitative estimate of drug-likeness (QED) is 0.411. The smallest absolute Gasteiger partial charge is 0.123 e. The Hall–Kier alpha value is -3.22. The van der Waals surface area contributed by atoms with Gasteiger partial charge in [0.25, 0.3) is 0 Å². The molecule has 2 aromatic carbocycles. The van der Waals surface area contributed by atoms with Crippen LogP contribution in [-0.2, 0) is 6.54 Å². The van der Waals surface area contributed by atoms with E-state index in [1.165, 1.54) is 23.4 Å². The van der Waals surface area contributed by atoms with E-state index in [1.54, 1.807) is 18.3 Å². The van der Waals surface area contributed by atoms with Crippen molar-refractivity contribution in [1.82, 2.24) is 19.7 Å². The van der Waals surface area contributed by atoms with E-state index < -0.39 is 0 Å². The number of hydrogen-bond donors (Lipinski definition) is 0. The van der Waals surface area contributed by atoms with Crippen LogP contribution < -0.4 is 4.90 Å². The van der Waals surface area contributed by atoms with Gasteiger partial charge in [-0.3, -0.25) is 9.88 Å². The highest BCUT2D eigenvalue weighted by molar-refractivity contribution is 5.85. The monoisotopic (exact) mass is 463 g/mol. The average Bonchev–Trinajstić information content (AvgIpc) is 3.20. The Balaban J connectivity index is 0.00000259. The standard InChI is InChI=1S/C26H26FN5.ClH/c1-20-22(18-29-32(20)24-6-3-2-4-7-24)19-30-14-16-31(17-15-30)25-8-5-13-28-26(25)21-9-11-23(27)12-10-21;/h2-13,18H,14-17,19H2,1H3;1H. The Morgan fingerprint density at radius 2 is 1.61 bits per heavy atom. The Morgan fingerprint density at radius 1 is 0.879 bits per heavy atom. The molecule has 2 aromatic heterocycles. The van der Waals surface area contributed by atoms with Gasteiger partial charge < -0.3 is 4.90 Å². The van der Waals surface area contributed by atoms with Gasteiger partial charge in [-0.25, -0.2) is 9.07 Å². The fraction of sp³-hybridized carbons (Fsp3) is 0.231. The van der Waals surface area contributed by atoms with Crippen LogP contribution in [0.2, 0.25) is 0 Å². The maximum absolute atomic E-state index is 13.4. The minimum atomic E-state index is -0.231. The van der Waals surface area contributed by atoms with Crippen LogP contribution in [0.5, 0.6) is 0 Å². The summed E-state index contributed by atoms with van der Waals surface area (Å²) in [5.41, 5.74) is 6.48. The summed E-state index contributed by atoms with van der Waals surface area (Å²) in [6, 6.07) is 20.9. The maximum Gasteiger partial charge on any atom is 0.123 e. The third kappa shape index (κ3) is 4.92. The fourth-order valence-electron chi connectivity index (χ4n) is 4.30. The van der Waals surface area contributed by atoms with Crippen molar-refractivity contribution in [1.29, 1.82) is 0 Å². The molecule has 33 heavy (non-hydrogen) atoms. The van der Waals surface area contributed by atoms with E-state index >= 15 is 0 Å². The van der Waals surface area contributed by atoms with Crippen molar-refractivity contribution in [2.75, 3.05) is 31.1 Å². The second-order valence-electron chi connectivity index (χ2n) is 8.14. The van der Waals surface area contributed by atoms with Crippen molar-refractivity contribution < 1.29 is 4.39 Å². The largest absolute Gasteiger partial charge is 0.367 e. The molecule has 170 valence electrons. The summed E-state index contributed by atoms with van der Waals surface area (Å²) < 4.78 is 15.4. The molecule has 1 saturated heterocycles. The molecule has 0 radical (unpaired) electrons. The number of pyridine rings is 1. The Bertz CT molecular complexity index is 1190. The van der Waals surface area contributed by atoms with Gasteiger partial charge in [-0.05, 0) is 55.5 Å². The van der Waals surface area contributed by atoms with Gasteiger partial charge in [0.2, 0.25) is 0 Å². The number of halogens is 2. The highest BCUT2D eigenvalue weighted by Gasteiger charge is 2.21. The van der Waals surface area contributed by atoms with E-state index in [2.05, 4.69) is 45.0 Å². The third-order valence-corrected chi connectivity index (χ3v) is 6.12. The lowest BCUT2D eigenvalue weighted by Crippen LogP contribution is -2.46. The third-order valence-electron chi connectivity index (χ3n) is 6.12. The second kappa shape index (κ2) is 10.1. The van der Waals surface area contributed by atoms with Crippen LogP contribution in [0.1, 0.15) is 11.3 Å². The Morgan fingerprint density at radius 3 is 2.33 bits per heavy atom. The van der Waals surface area contributed by atoms with Crippen molar-refractivity contribution in [3.8, 4) is 16.9 Å². The predicted octanol–water partition coefficient (Wildman–Crippen LogP) is 5.13. The molecule has 0 N–H and O–H groups in total. The zero-order valence-electron chi connectivity index (χ0n) is 18.6. The number of hydrogen-bond acceptors (Lipinski definition) is 4. The first-order valence-electron chi connectivity index (χ1n) is 11.0. The molecule has 1 aliphatic heterocycles. The Labute approximate surface area is 199 Å². The first-order chi connectivity index (χ1) is 15.7. The van der Waals surface area contributed by atoms with Crippen molar-refractivity contribution in [2.24, 2.45) is 0 Å². The lowest BCUT2D eigenvalue weighted by molar-refractivity contribution is 0.249. The molecule has 1 aliphatic rings. The van der Waals surface area contributed by atoms with Crippen molar-refractivity contribution in [3.05, 3.63) is 96.2 Å². The minimum Gasteiger partial charge on any atom is -0.367 e. The van der Waals surface area contributed by atoms with Gasteiger partial charge in [-0.15, -0.1) is 12.4 Å². The van der Waals surface area contributed by atoms with Crippen LogP contribution in [0, 0.1) is 12.7 Å². The number of para-hydroxylation sites is 1. The topological polar surface area (TPSA) is 37.2 Å². The zero-order valence-corrected chi connectivity index (χ0v) is 19.4. The van der Waals surface area contributed by atoms with Gasteiger partial charge in [0.15, 0.2) is 0 Å². The van der Waals surface area contributed by atoms with Crippen LogP contribution in [0.4, 0.5) is 10.1 Å². The van der Waals surface area contributed by atoms with Crippen LogP contribution >= 0.6 is 12.4 Å². The lowest BCUT2D eigenvalue weighted by Gasteiger charge is -2.36. The Kier molecular flexibility index (Phi) is 7.06. The van der Waals surface area contributed by atoms with Crippen molar-refractivity contribution in [3.63, 3.8) is 0 Å². The van der Waals surface area contributed by atoms with Gasteiger partial charge >= 0.3 is 0 Å². The molecule has 5 nitrogen and oxygen atoms in total. The van der Waals surface area contributed by atoms with Gasteiger partial charge in [-0.1, -0.05) is 18.2 Å². The maximum atomic E-state index is 13.4. The molecule has 5 rings (SSSR count). The number of piperazine rings is 1. The van der Waals surface area contributed by atoms with Gasteiger partial charge in [0.05, 0.1) is 23.3 Å². The molecule has 3 heterocycles. The summed E-state index contributed by atoms with van der Waals surface area (Å²) in [5, 5.41) is 4.61. The molecule has 0 amide bonds. The number of benzene rings is 2. The molecule has 0 unspecified atom stereocenters. The molecule has 1 fully saturated rings. The normalized spacial score (nSPS) is 14.2. The summed E-state index contributed by atoms with van der Waals surface area (Å²) in [6.07, 6.45) is 3.79. The van der Waals surface area contributed by atoms with Gasteiger partial charge in [0, 0.05) is 55.7 Å². The van der Waals surface area contributed by atoms with Crippen molar-refractivity contribution in [2.45, 2.75) is 13.5 Å². The number of rotatable bonds is 5.